The quantitative estimate of drug-likeness (QED) is 0.878. The van der Waals surface area contributed by atoms with E-state index >= 15 is 0 Å². The van der Waals surface area contributed by atoms with Crippen LogP contribution in [0.25, 0.3) is 10.8 Å². The van der Waals surface area contributed by atoms with E-state index in [9.17, 15) is 0 Å². The number of hydrogen-bond donors (Lipinski definition) is 1. The Morgan fingerprint density at radius 3 is 2.62 bits per heavy atom. The van der Waals surface area contributed by atoms with Crippen LogP contribution in [-0.4, -0.2) is 36.1 Å². The van der Waals surface area contributed by atoms with Gasteiger partial charge < -0.3 is 10.2 Å². The van der Waals surface area contributed by atoms with E-state index in [4.69, 9.17) is 0 Å². The second-order valence-electron chi connectivity index (χ2n) is 6.04. The zero-order chi connectivity index (χ0) is 15.5. The summed E-state index contributed by atoms with van der Waals surface area (Å²) in [6.45, 7) is 7.72. The largest absolute Gasteiger partial charge is 0.309 e. The van der Waals surface area contributed by atoms with Gasteiger partial charge in [-0.05, 0) is 51.0 Å². The zero-order valence-corrected chi connectivity index (χ0v) is 13.9. The van der Waals surface area contributed by atoms with Gasteiger partial charge in [0.05, 0.1) is 6.04 Å². The molecule has 0 aliphatic rings. The Morgan fingerprint density at radius 1 is 1.24 bits per heavy atom. The van der Waals surface area contributed by atoms with Gasteiger partial charge in [-0.15, -0.1) is 0 Å². The van der Waals surface area contributed by atoms with E-state index in [1.54, 1.807) is 0 Å². The van der Waals surface area contributed by atoms with Crippen molar-refractivity contribution in [2.75, 3.05) is 20.6 Å². The van der Waals surface area contributed by atoms with Crippen LogP contribution < -0.4 is 5.32 Å². The third-order valence-electron chi connectivity index (χ3n) is 4.79. The first-order chi connectivity index (χ1) is 10.0. The number of pyridine rings is 1. The Balaban J connectivity index is 2.60. The maximum Gasteiger partial charge on any atom is 0.0510 e. The molecule has 2 rings (SSSR count). The summed E-state index contributed by atoms with van der Waals surface area (Å²) in [7, 11) is 4.33. The predicted molar refractivity (Wildman–Crippen MR) is 90.5 cm³/mol. The number of rotatable bonds is 6. The third kappa shape index (κ3) is 2.94. The molecule has 2 atom stereocenters. The fourth-order valence-electron chi connectivity index (χ4n) is 3.05. The normalized spacial score (nSPS) is 16.1. The average Bonchev–Trinajstić information content (AvgIpc) is 2.51. The summed E-state index contributed by atoms with van der Waals surface area (Å²) in [6.07, 6.45) is 4.91. The van der Waals surface area contributed by atoms with Gasteiger partial charge in [0, 0.05) is 23.3 Å². The van der Waals surface area contributed by atoms with Crippen molar-refractivity contribution >= 4 is 10.8 Å². The summed E-state index contributed by atoms with van der Waals surface area (Å²) in [6, 6.07) is 8.92. The van der Waals surface area contributed by atoms with Gasteiger partial charge in [-0.2, -0.15) is 0 Å². The van der Waals surface area contributed by atoms with Gasteiger partial charge >= 0.3 is 0 Å². The molecular weight excluding hydrogens is 258 g/mol. The molecule has 0 aliphatic heterocycles. The molecule has 114 valence electrons. The number of benzene rings is 1. The van der Waals surface area contributed by atoms with Crippen molar-refractivity contribution in [3.05, 3.63) is 42.2 Å². The molecular formula is C18H27N3. The molecule has 0 spiro atoms. The van der Waals surface area contributed by atoms with E-state index in [0.717, 1.165) is 13.0 Å². The highest BCUT2D eigenvalue weighted by molar-refractivity contribution is 5.85. The molecule has 0 radical (unpaired) electrons. The lowest BCUT2D eigenvalue weighted by Gasteiger charge is -2.43. The Bertz CT molecular complexity index is 589. The summed E-state index contributed by atoms with van der Waals surface area (Å²) in [5.41, 5.74) is 1.42. The van der Waals surface area contributed by atoms with Gasteiger partial charge in [-0.1, -0.05) is 32.0 Å². The van der Waals surface area contributed by atoms with Crippen LogP contribution in [0, 0.1) is 0 Å². The molecule has 2 aromatic rings. The lowest BCUT2D eigenvalue weighted by Crippen LogP contribution is -2.51. The van der Waals surface area contributed by atoms with Crippen molar-refractivity contribution < 1.29 is 0 Å². The lowest BCUT2D eigenvalue weighted by atomic mass is 9.82. The summed E-state index contributed by atoms with van der Waals surface area (Å²) in [5, 5.41) is 6.20. The molecule has 0 saturated heterocycles. The van der Waals surface area contributed by atoms with Crippen molar-refractivity contribution in [3.63, 3.8) is 0 Å². The van der Waals surface area contributed by atoms with Crippen LogP contribution in [-0.2, 0) is 0 Å². The summed E-state index contributed by atoms with van der Waals surface area (Å²) in [5.74, 6) is 0. The van der Waals surface area contributed by atoms with Crippen molar-refractivity contribution in [2.45, 2.75) is 38.8 Å². The van der Waals surface area contributed by atoms with Crippen LogP contribution in [0.15, 0.2) is 36.7 Å². The van der Waals surface area contributed by atoms with Gasteiger partial charge in [0.15, 0.2) is 0 Å². The monoisotopic (exact) mass is 285 g/mol. The minimum atomic E-state index is 0.0631. The molecule has 21 heavy (non-hydrogen) atoms. The minimum absolute atomic E-state index is 0.0631. The van der Waals surface area contributed by atoms with Gasteiger partial charge in [0.1, 0.15) is 0 Å². The van der Waals surface area contributed by atoms with Gasteiger partial charge in [-0.3, -0.25) is 4.98 Å². The summed E-state index contributed by atoms with van der Waals surface area (Å²) in [4.78, 5) is 6.58. The summed E-state index contributed by atoms with van der Waals surface area (Å²) >= 11 is 0. The van der Waals surface area contributed by atoms with E-state index in [1.807, 2.05) is 12.4 Å². The lowest BCUT2D eigenvalue weighted by molar-refractivity contribution is 0.114. The first-order valence-corrected chi connectivity index (χ1v) is 7.78. The Kier molecular flexibility index (Phi) is 4.96. The average molecular weight is 285 g/mol. The molecule has 1 N–H and O–H groups in total. The molecule has 1 heterocycles. The minimum Gasteiger partial charge on any atom is -0.309 e. The van der Waals surface area contributed by atoms with Crippen LogP contribution >= 0.6 is 0 Å². The fourth-order valence-corrected chi connectivity index (χ4v) is 3.05. The van der Waals surface area contributed by atoms with Gasteiger partial charge in [-0.25, -0.2) is 0 Å². The van der Waals surface area contributed by atoms with Crippen LogP contribution in [0.2, 0.25) is 0 Å². The molecule has 0 bridgehead atoms. The number of fused-ring (bicyclic) bond motifs is 1. The Morgan fingerprint density at radius 2 is 2.00 bits per heavy atom. The number of nitrogens with zero attached hydrogens (tertiary/aromatic N) is 2. The van der Waals surface area contributed by atoms with Crippen molar-refractivity contribution in [1.29, 1.82) is 0 Å². The van der Waals surface area contributed by atoms with Crippen LogP contribution in [0.3, 0.4) is 0 Å². The van der Waals surface area contributed by atoms with Crippen LogP contribution in [0.1, 0.15) is 38.8 Å². The maximum absolute atomic E-state index is 4.25. The van der Waals surface area contributed by atoms with E-state index in [1.165, 1.54) is 16.3 Å². The molecule has 1 aromatic carbocycles. The maximum atomic E-state index is 4.25. The number of nitrogens with one attached hydrogen (secondary N) is 1. The van der Waals surface area contributed by atoms with Crippen molar-refractivity contribution in [2.24, 2.45) is 0 Å². The van der Waals surface area contributed by atoms with E-state index in [-0.39, 0.29) is 11.6 Å². The number of hydrogen-bond acceptors (Lipinski definition) is 3. The van der Waals surface area contributed by atoms with Crippen molar-refractivity contribution in [3.8, 4) is 0 Å². The Labute approximate surface area is 128 Å². The zero-order valence-electron chi connectivity index (χ0n) is 13.9. The third-order valence-corrected chi connectivity index (χ3v) is 4.79. The first-order valence-electron chi connectivity index (χ1n) is 7.78. The van der Waals surface area contributed by atoms with Crippen LogP contribution in [0.4, 0.5) is 0 Å². The first kappa shape index (κ1) is 15.9. The molecule has 3 heteroatoms. The molecule has 0 saturated carbocycles. The van der Waals surface area contributed by atoms with E-state index < -0.39 is 0 Å². The fraction of sp³-hybridized carbons (Fsp3) is 0.500. The Hall–Kier alpha value is -1.45. The second kappa shape index (κ2) is 6.54. The molecule has 3 nitrogen and oxygen atoms in total. The topological polar surface area (TPSA) is 28.2 Å². The highest BCUT2D eigenvalue weighted by Crippen LogP contribution is 2.35. The molecule has 0 amide bonds. The molecule has 1 aromatic heterocycles. The van der Waals surface area contributed by atoms with Gasteiger partial charge in [0.2, 0.25) is 0 Å². The number of likely N-dealkylation sites (N-methyl/N-ethyl adjacent to an activating group) is 2. The predicted octanol–water partition coefficient (Wildman–Crippen LogP) is 3.62. The number of aromatic nitrogens is 1. The van der Waals surface area contributed by atoms with Crippen molar-refractivity contribution in [1.82, 2.24) is 15.2 Å². The highest BCUT2D eigenvalue weighted by Gasteiger charge is 2.35. The molecule has 2 unspecified atom stereocenters. The summed E-state index contributed by atoms with van der Waals surface area (Å²) < 4.78 is 0. The smallest absolute Gasteiger partial charge is 0.0510 e. The SMILES string of the molecule is CCNC(c1cccc2cnccc12)C(C)(CC)N(C)C. The standard InChI is InChI=1S/C18H27N3/c1-6-18(3,21(4)5)17(20-7-2)16-10-8-9-14-13-19-12-11-15(14)16/h8-13,17,20H,6-7H2,1-5H3. The van der Waals surface area contributed by atoms with Gasteiger partial charge in [0.25, 0.3) is 0 Å². The van der Waals surface area contributed by atoms with Crippen LogP contribution in [0.5, 0.6) is 0 Å². The molecule has 0 fully saturated rings. The van der Waals surface area contributed by atoms with E-state index in [2.05, 4.69) is 74.3 Å². The van der Waals surface area contributed by atoms with E-state index in [0.29, 0.717) is 0 Å². The second-order valence-corrected chi connectivity index (χ2v) is 6.04. The molecule has 0 aliphatic carbocycles. The highest BCUT2D eigenvalue weighted by atomic mass is 15.2.